The fourth-order valence-corrected chi connectivity index (χ4v) is 3.75. The van der Waals surface area contributed by atoms with Crippen molar-refractivity contribution >= 4 is 21.6 Å². The van der Waals surface area contributed by atoms with Gasteiger partial charge in [0.2, 0.25) is 0 Å². The first-order valence-corrected chi connectivity index (χ1v) is 7.58. The summed E-state index contributed by atoms with van der Waals surface area (Å²) in [5.74, 6) is 0. The molecule has 0 radical (unpaired) electrons. The Morgan fingerprint density at radius 1 is 1.37 bits per heavy atom. The molecular weight excluding hydrogens is 304 g/mol. The lowest BCUT2D eigenvalue weighted by Crippen LogP contribution is -2.63. The lowest BCUT2D eigenvalue weighted by molar-refractivity contribution is 0.159. The number of benzene rings is 1. The number of rotatable bonds is 3. The average Bonchev–Trinajstić information content (AvgIpc) is 2.29. The van der Waals surface area contributed by atoms with Crippen molar-refractivity contribution in [2.75, 3.05) is 31.6 Å². The van der Waals surface area contributed by atoms with E-state index in [4.69, 9.17) is 0 Å². The smallest absolute Gasteiger partial charge is 0.0518 e. The van der Waals surface area contributed by atoms with Gasteiger partial charge in [0.1, 0.15) is 0 Å². The van der Waals surface area contributed by atoms with E-state index in [2.05, 4.69) is 64.8 Å². The van der Waals surface area contributed by atoms with Crippen molar-refractivity contribution in [3.8, 4) is 0 Å². The van der Waals surface area contributed by atoms with E-state index in [9.17, 15) is 5.11 Å². The first-order chi connectivity index (χ1) is 8.95. The Kier molecular flexibility index (Phi) is 4.54. The molecule has 1 aliphatic heterocycles. The van der Waals surface area contributed by atoms with Crippen molar-refractivity contribution in [2.24, 2.45) is 0 Å². The highest BCUT2D eigenvalue weighted by atomic mass is 79.9. The Bertz CT molecular complexity index is 436. The van der Waals surface area contributed by atoms with Crippen molar-refractivity contribution in [3.05, 3.63) is 28.7 Å². The summed E-state index contributed by atoms with van der Waals surface area (Å²) in [6, 6.07) is 8.70. The SMILES string of the molecule is CN1CC(CCO)N(c2ccccc2Br)C(C)(C)C1. The van der Waals surface area contributed by atoms with Crippen molar-refractivity contribution in [1.29, 1.82) is 0 Å². The molecule has 3 nitrogen and oxygen atoms in total. The zero-order valence-corrected chi connectivity index (χ0v) is 13.5. The van der Waals surface area contributed by atoms with Crippen LogP contribution in [0.4, 0.5) is 5.69 Å². The number of anilines is 1. The predicted molar refractivity (Wildman–Crippen MR) is 83.7 cm³/mol. The standard InChI is InChI=1S/C15H23BrN2O/c1-15(2)11-17(3)10-12(8-9-19)18(15)14-7-5-4-6-13(14)16/h4-7,12,19H,8-11H2,1-3H3. The van der Waals surface area contributed by atoms with Gasteiger partial charge < -0.3 is 14.9 Å². The summed E-state index contributed by atoms with van der Waals surface area (Å²) in [5.41, 5.74) is 1.27. The minimum atomic E-state index is 0.0523. The average molecular weight is 327 g/mol. The predicted octanol–water partition coefficient (Wildman–Crippen LogP) is 2.73. The number of halogens is 1. The van der Waals surface area contributed by atoms with E-state index in [-0.39, 0.29) is 12.1 Å². The highest BCUT2D eigenvalue weighted by Gasteiger charge is 2.39. The molecule has 1 unspecified atom stereocenters. The number of aliphatic hydroxyl groups is 1. The molecule has 0 saturated carbocycles. The molecule has 1 atom stereocenters. The third-order valence-electron chi connectivity index (χ3n) is 3.77. The second-order valence-electron chi connectivity index (χ2n) is 6.00. The number of hydrogen-bond donors (Lipinski definition) is 1. The second-order valence-corrected chi connectivity index (χ2v) is 6.85. The van der Waals surface area contributed by atoms with Crippen LogP contribution in [0.5, 0.6) is 0 Å². The van der Waals surface area contributed by atoms with Crippen molar-refractivity contribution in [2.45, 2.75) is 31.8 Å². The molecule has 1 aromatic carbocycles. The third kappa shape index (κ3) is 3.12. The van der Waals surface area contributed by atoms with Crippen LogP contribution in [0.2, 0.25) is 0 Å². The van der Waals surface area contributed by atoms with Gasteiger partial charge in [-0.2, -0.15) is 0 Å². The molecule has 106 valence electrons. The Balaban J connectivity index is 2.39. The molecule has 1 N–H and O–H groups in total. The van der Waals surface area contributed by atoms with Gasteiger partial charge >= 0.3 is 0 Å². The summed E-state index contributed by atoms with van der Waals surface area (Å²) in [7, 11) is 2.16. The number of nitrogens with zero attached hydrogens (tertiary/aromatic N) is 2. The van der Waals surface area contributed by atoms with Crippen molar-refractivity contribution in [1.82, 2.24) is 4.90 Å². The van der Waals surface area contributed by atoms with Gasteiger partial charge in [-0.05, 0) is 55.4 Å². The number of aliphatic hydroxyl groups excluding tert-OH is 1. The Hall–Kier alpha value is -0.580. The Labute approximate surface area is 124 Å². The van der Waals surface area contributed by atoms with E-state index in [1.54, 1.807) is 0 Å². The minimum absolute atomic E-state index is 0.0523. The first kappa shape index (κ1) is 14.8. The van der Waals surface area contributed by atoms with Crippen LogP contribution in [0.1, 0.15) is 20.3 Å². The van der Waals surface area contributed by atoms with Gasteiger partial charge in [0.15, 0.2) is 0 Å². The summed E-state index contributed by atoms with van der Waals surface area (Å²) >= 11 is 3.66. The molecule has 0 bridgehead atoms. The van der Waals surface area contributed by atoms with Crippen molar-refractivity contribution in [3.63, 3.8) is 0 Å². The van der Waals surface area contributed by atoms with E-state index in [1.165, 1.54) is 5.69 Å². The fraction of sp³-hybridized carbons (Fsp3) is 0.600. The van der Waals surface area contributed by atoms with Gasteiger partial charge in [0.25, 0.3) is 0 Å². The number of para-hydroxylation sites is 1. The van der Waals surface area contributed by atoms with Gasteiger partial charge in [-0.1, -0.05) is 12.1 Å². The normalized spacial score (nSPS) is 23.6. The molecule has 0 aliphatic carbocycles. The zero-order chi connectivity index (χ0) is 14.0. The van der Waals surface area contributed by atoms with Gasteiger partial charge in [-0.3, -0.25) is 0 Å². The second kappa shape index (κ2) is 5.81. The van der Waals surface area contributed by atoms with Crippen LogP contribution < -0.4 is 4.90 Å². The highest BCUT2D eigenvalue weighted by Crippen LogP contribution is 2.36. The maximum Gasteiger partial charge on any atom is 0.0518 e. The lowest BCUT2D eigenvalue weighted by Gasteiger charge is -2.52. The quantitative estimate of drug-likeness (QED) is 0.925. The molecule has 4 heteroatoms. The summed E-state index contributed by atoms with van der Waals surface area (Å²) in [6.45, 7) is 6.79. The van der Waals surface area contributed by atoms with E-state index >= 15 is 0 Å². The van der Waals surface area contributed by atoms with Crippen LogP contribution in [0.25, 0.3) is 0 Å². The topological polar surface area (TPSA) is 26.7 Å². The van der Waals surface area contributed by atoms with E-state index in [0.29, 0.717) is 6.04 Å². The molecular formula is C15H23BrN2O. The van der Waals surface area contributed by atoms with Crippen LogP contribution in [0.3, 0.4) is 0 Å². The van der Waals surface area contributed by atoms with Gasteiger partial charge in [-0.15, -0.1) is 0 Å². The van der Waals surface area contributed by atoms with E-state index in [0.717, 1.165) is 24.0 Å². The van der Waals surface area contributed by atoms with Crippen LogP contribution in [0.15, 0.2) is 28.7 Å². The summed E-state index contributed by atoms with van der Waals surface area (Å²) in [4.78, 5) is 4.82. The molecule has 2 rings (SSSR count). The fourth-order valence-electron chi connectivity index (χ4n) is 3.28. The van der Waals surface area contributed by atoms with E-state index < -0.39 is 0 Å². The van der Waals surface area contributed by atoms with Crippen LogP contribution in [0, 0.1) is 0 Å². The monoisotopic (exact) mass is 326 g/mol. The molecule has 19 heavy (non-hydrogen) atoms. The maximum absolute atomic E-state index is 9.35. The number of piperazine rings is 1. The van der Waals surface area contributed by atoms with Crippen molar-refractivity contribution < 1.29 is 5.11 Å². The highest BCUT2D eigenvalue weighted by molar-refractivity contribution is 9.10. The maximum atomic E-state index is 9.35. The minimum Gasteiger partial charge on any atom is -0.396 e. The molecule has 0 amide bonds. The molecule has 1 aliphatic rings. The van der Waals surface area contributed by atoms with Gasteiger partial charge in [0.05, 0.1) is 5.69 Å². The molecule has 1 heterocycles. The van der Waals surface area contributed by atoms with Crippen LogP contribution in [-0.4, -0.2) is 48.3 Å². The largest absolute Gasteiger partial charge is 0.396 e. The summed E-state index contributed by atoms with van der Waals surface area (Å²) in [6.07, 6.45) is 0.801. The summed E-state index contributed by atoms with van der Waals surface area (Å²) in [5, 5.41) is 9.35. The number of hydrogen-bond acceptors (Lipinski definition) is 3. The van der Waals surface area contributed by atoms with Crippen LogP contribution in [-0.2, 0) is 0 Å². The third-order valence-corrected chi connectivity index (χ3v) is 4.44. The molecule has 0 spiro atoms. The zero-order valence-electron chi connectivity index (χ0n) is 11.9. The lowest BCUT2D eigenvalue weighted by atomic mass is 9.92. The number of likely N-dealkylation sites (N-methyl/N-ethyl adjacent to an activating group) is 1. The molecule has 1 saturated heterocycles. The van der Waals surface area contributed by atoms with Gasteiger partial charge in [0, 0.05) is 35.7 Å². The molecule has 1 fully saturated rings. The first-order valence-electron chi connectivity index (χ1n) is 6.79. The van der Waals surface area contributed by atoms with Crippen LogP contribution >= 0.6 is 15.9 Å². The van der Waals surface area contributed by atoms with Gasteiger partial charge in [-0.25, -0.2) is 0 Å². The summed E-state index contributed by atoms with van der Waals surface area (Å²) < 4.78 is 1.12. The van der Waals surface area contributed by atoms with E-state index in [1.807, 2.05) is 6.07 Å². The molecule has 1 aromatic rings. The Morgan fingerprint density at radius 3 is 2.68 bits per heavy atom. The molecule has 0 aromatic heterocycles. The Morgan fingerprint density at radius 2 is 2.05 bits per heavy atom.